The molecule has 20 heavy (non-hydrogen) atoms. The molecule has 0 bridgehead atoms. The van der Waals surface area contributed by atoms with Crippen molar-refractivity contribution in [2.45, 2.75) is 45.7 Å². The summed E-state index contributed by atoms with van der Waals surface area (Å²) in [5.41, 5.74) is 1.35. The van der Waals surface area contributed by atoms with Gasteiger partial charge in [-0.3, -0.25) is 0 Å². The zero-order chi connectivity index (χ0) is 14.2. The van der Waals surface area contributed by atoms with E-state index in [1.54, 1.807) is 0 Å². The molecular formula is C17H25N3. The number of benzene rings is 1. The van der Waals surface area contributed by atoms with E-state index in [0.717, 1.165) is 38.2 Å². The lowest BCUT2D eigenvalue weighted by Gasteiger charge is -2.19. The van der Waals surface area contributed by atoms with Crippen molar-refractivity contribution in [3.05, 3.63) is 54.1 Å². The van der Waals surface area contributed by atoms with Crippen LogP contribution < -0.4 is 5.32 Å². The predicted molar refractivity (Wildman–Crippen MR) is 83.7 cm³/mol. The average Bonchev–Trinajstić information content (AvgIpc) is 2.93. The van der Waals surface area contributed by atoms with Gasteiger partial charge in [0.25, 0.3) is 0 Å². The first-order valence-electron chi connectivity index (χ1n) is 7.63. The Morgan fingerprint density at radius 2 is 1.95 bits per heavy atom. The second-order valence-corrected chi connectivity index (χ2v) is 5.18. The monoisotopic (exact) mass is 271 g/mol. The van der Waals surface area contributed by atoms with Gasteiger partial charge in [-0.25, -0.2) is 4.98 Å². The minimum absolute atomic E-state index is 0.291. The zero-order valence-electron chi connectivity index (χ0n) is 12.5. The van der Waals surface area contributed by atoms with Crippen molar-refractivity contribution in [1.29, 1.82) is 0 Å². The molecule has 1 N–H and O–H groups in total. The molecule has 0 amide bonds. The largest absolute Gasteiger partial charge is 0.334 e. The first kappa shape index (κ1) is 14.8. The van der Waals surface area contributed by atoms with Crippen molar-refractivity contribution in [2.75, 3.05) is 6.54 Å². The van der Waals surface area contributed by atoms with Gasteiger partial charge >= 0.3 is 0 Å². The van der Waals surface area contributed by atoms with Crippen LogP contribution in [0.4, 0.5) is 0 Å². The zero-order valence-corrected chi connectivity index (χ0v) is 12.5. The highest BCUT2D eigenvalue weighted by atomic mass is 15.1. The van der Waals surface area contributed by atoms with Crippen LogP contribution in [-0.2, 0) is 13.0 Å². The van der Waals surface area contributed by atoms with Crippen molar-refractivity contribution in [3.8, 4) is 0 Å². The Kier molecular flexibility index (Phi) is 5.81. The van der Waals surface area contributed by atoms with Gasteiger partial charge in [0.05, 0.1) is 6.04 Å². The number of nitrogens with one attached hydrogen (secondary N) is 1. The Hall–Kier alpha value is -1.61. The molecule has 1 unspecified atom stereocenters. The molecule has 1 aromatic carbocycles. The molecule has 2 rings (SSSR count). The second kappa shape index (κ2) is 7.85. The summed E-state index contributed by atoms with van der Waals surface area (Å²) in [7, 11) is 0. The van der Waals surface area contributed by atoms with Crippen LogP contribution in [0.5, 0.6) is 0 Å². The lowest BCUT2D eigenvalue weighted by molar-refractivity contribution is 0.476. The Bertz CT molecular complexity index is 490. The molecular weight excluding hydrogens is 246 g/mol. The van der Waals surface area contributed by atoms with Gasteiger partial charge in [-0.2, -0.15) is 0 Å². The van der Waals surface area contributed by atoms with Crippen molar-refractivity contribution in [2.24, 2.45) is 0 Å². The third-order valence-corrected chi connectivity index (χ3v) is 3.45. The van der Waals surface area contributed by atoms with Gasteiger partial charge in [0.2, 0.25) is 0 Å². The number of hydrogen-bond acceptors (Lipinski definition) is 2. The Labute approximate surface area is 122 Å². The van der Waals surface area contributed by atoms with Crippen LogP contribution in [0, 0.1) is 0 Å². The highest BCUT2D eigenvalue weighted by molar-refractivity contribution is 5.17. The van der Waals surface area contributed by atoms with E-state index in [1.807, 2.05) is 6.20 Å². The molecule has 0 aliphatic carbocycles. The average molecular weight is 271 g/mol. The normalized spacial score (nSPS) is 12.5. The molecule has 3 nitrogen and oxygen atoms in total. The summed E-state index contributed by atoms with van der Waals surface area (Å²) in [5, 5.41) is 3.64. The fraction of sp³-hybridized carbons (Fsp3) is 0.471. The fourth-order valence-corrected chi connectivity index (χ4v) is 2.48. The Morgan fingerprint density at radius 3 is 2.65 bits per heavy atom. The van der Waals surface area contributed by atoms with E-state index in [2.05, 4.69) is 65.2 Å². The van der Waals surface area contributed by atoms with E-state index < -0.39 is 0 Å². The van der Waals surface area contributed by atoms with Crippen LogP contribution in [0.3, 0.4) is 0 Å². The summed E-state index contributed by atoms with van der Waals surface area (Å²) in [6.07, 6.45) is 7.26. The maximum Gasteiger partial charge on any atom is 0.126 e. The number of hydrogen-bond donors (Lipinski definition) is 1. The molecule has 0 fully saturated rings. The van der Waals surface area contributed by atoms with Crippen LogP contribution in [0.2, 0.25) is 0 Å². The summed E-state index contributed by atoms with van der Waals surface area (Å²) in [6, 6.07) is 10.9. The number of rotatable bonds is 8. The second-order valence-electron chi connectivity index (χ2n) is 5.18. The van der Waals surface area contributed by atoms with E-state index in [0.29, 0.717) is 6.04 Å². The summed E-state index contributed by atoms with van der Waals surface area (Å²) >= 11 is 0. The molecule has 0 aliphatic heterocycles. The van der Waals surface area contributed by atoms with E-state index >= 15 is 0 Å². The number of aryl methyl sites for hydroxylation is 1. The maximum absolute atomic E-state index is 4.58. The fourth-order valence-electron chi connectivity index (χ4n) is 2.48. The van der Waals surface area contributed by atoms with Gasteiger partial charge in [0.15, 0.2) is 0 Å². The van der Waals surface area contributed by atoms with Crippen molar-refractivity contribution < 1.29 is 0 Å². The molecule has 108 valence electrons. The first-order chi connectivity index (χ1) is 9.85. The predicted octanol–water partition coefficient (Wildman–Crippen LogP) is 3.58. The van der Waals surface area contributed by atoms with Crippen LogP contribution >= 0.6 is 0 Å². The number of imidazole rings is 1. The van der Waals surface area contributed by atoms with Gasteiger partial charge in [0, 0.05) is 18.9 Å². The molecule has 1 heterocycles. The van der Waals surface area contributed by atoms with Crippen molar-refractivity contribution in [1.82, 2.24) is 14.9 Å². The number of nitrogens with zero attached hydrogens (tertiary/aromatic N) is 2. The molecule has 0 radical (unpaired) electrons. The summed E-state index contributed by atoms with van der Waals surface area (Å²) in [4.78, 5) is 4.58. The molecule has 0 aliphatic rings. The molecule has 1 atom stereocenters. The summed E-state index contributed by atoms with van der Waals surface area (Å²) in [6.45, 7) is 6.46. The lowest BCUT2D eigenvalue weighted by atomic mass is 10.1. The van der Waals surface area contributed by atoms with Crippen LogP contribution in [0.25, 0.3) is 0 Å². The van der Waals surface area contributed by atoms with Crippen LogP contribution in [0.15, 0.2) is 42.7 Å². The highest BCUT2D eigenvalue weighted by Gasteiger charge is 2.16. The van der Waals surface area contributed by atoms with E-state index in [-0.39, 0.29) is 0 Å². The lowest BCUT2D eigenvalue weighted by Crippen LogP contribution is -2.27. The molecule has 3 heteroatoms. The Morgan fingerprint density at radius 1 is 1.15 bits per heavy atom. The summed E-state index contributed by atoms with van der Waals surface area (Å²) in [5.74, 6) is 1.16. The van der Waals surface area contributed by atoms with Gasteiger partial charge in [-0.05, 0) is 31.4 Å². The molecule has 0 spiro atoms. The minimum atomic E-state index is 0.291. The molecule has 2 aromatic rings. The van der Waals surface area contributed by atoms with Crippen LogP contribution in [0.1, 0.15) is 44.1 Å². The van der Waals surface area contributed by atoms with Crippen molar-refractivity contribution in [3.63, 3.8) is 0 Å². The molecule has 0 saturated carbocycles. The smallest absolute Gasteiger partial charge is 0.126 e. The third-order valence-electron chi connectivity index (χ3n) is 3.45. The van der Waals surface area contributed by atoms with Gasteiger partial charge < -0.3 is 9.88 Å². The van der Waals surface area contributed by atoms with Gasteiger partial charge in [-0.1, -0.05) is 44.2 Å². The van der Waals surface area contributed by atoms with Crippen molar-refractivity contribution >= 4 is 0 Å². The molecule has 1 aromatic heterocycles. The van der Waals surface area contributed by atoms with E-state index in [1.165, 1.54) is 5.56 Å². The van der Waals surface area contributed by atoms with Crippen LogP contribution in [-0.4, -0.2) is 16.1 Å². The van der Waals surface area contributed by atoms with E-state index in [4.69, 9.17) is 0 Å². The summed E-state index contributed by atoms with van der Waals surface area (Å²) < 4.78 is 2.27. The molecule has 0 saturated heterocycles. The van der Waals surface area contributed by atoms with Gasteiger partial charge in [0.1, 0.15) is 5.82 Å². The number of aromatic nitrogens is 2. The van der Waals surface area contributed by atoms with Gasteiger partial charge in [-0.15, -0.1) is 0 Å². The standard InChI is InChI=1S/C17H25N3/c1-3-10-18-16(14-15-8-6-5-7-9-15)17-19-11-13-20(17)12-4-2/h5-9,11,13,16,18H,3-4,10,12,14H2,1-2H3. The maximum atomic E-state index is 4.58. The van der Waals surface area contributed by atoms with E-state index in [9.17, 15) is 0 Å². The topological polar surface area (TPSA) is 29.9 Å². The Balaban J connectivity index is 2.16. The third kappa shape index (κ3) is 3.94. The first-order valence-corrected chi connectivity index (χ1v) is 7.63. The highest BCUT2D eigenvalue weighted by Crippen LogP contribution is 2.17. The SMILES string of the molecule is CCCNC(Cc1ccccc1)c1nccn1CCC. The quantitative estimate of drug-likeness (QED) is 0.795. The minimum Gasteiger partial charge on any atom is -0.334 e.